The van der Waals surface area contributed by atoms with E-state index in [0.717, 1.165) is 17.8 Å². The summed E-state index contributed by atoms with van der Waals surface area (Å²) in [6, 6.07) is 9.87. The number of hydrogen-bond donors (Lipinski definition) is 2. The molecule has 0 spiro atoms. The van der Waals surface area contributed by atoms with Crippen LogP contribution in [0.2, 0.25) is 0 Å². The minimum Gasteiger partial charge on any atom is -0.507 e. The zero-order valence-corrected chi connectivity index (χ0v) is 22.9. The van der Waals surface area contributed by atoms with E-state index in [2.05, 4.69) is 36.5 Å². The fourth-order valence-electron chi connectivity index (χ4n) is 3.73. The number of carbonyl (C=O) groups is 2. The Balaban J connectivity index is 0.000000308. The molecule has 3 aromatic rings. The van der Waals surface area contributed by atoms with Crippen molar-refractivity contribution >= 4 is 22.7 Å². The molecule has 0 aliphatic rings. The van der Waals surface area contributed by atoms with Crippen LogP contribution in [-0.2, 0) is 11.2 Å². The number of nitrogens with one attached hydrogen (secondary N) is 1. The molecule has 2 aromatic heterocycles. The third-order valence-corrected chi connectivity index (χ3v) is 5.76. The quantitative estimate of drug-likeness (QED) is 0.323. The van der Waals surface area contributed by atoms with Crippen LogP contribution in [0.1, 0.15) is 94.2 Å². The summed E-state index contributed by atoms with van der Waals surface area (Å²) >= 11 is 0. The molecule has 2 heterocycles. The third kappa shape index (κ3) is 8.77. The van der Waals surface area contributed by atoms with Crippen LogP contribution in [0.25, 0.3) is 11.0 Å². The first-order valence-corrected chi connectivity index (χ1v) is 12.7. The average Bonchev–Trinajstić information content (AvgIpc) is 3.17. The third-order valence-electron chi connectivity index (χ3n) is 5.76. The Kier molecular flexibility index (Phi) is 10.5. The number of hydrogen-bond acceptors (Lipinski definition) is 6. The van der Waals surface area contributed by atoms with Gasteiger partial charge in [-0.1, -0.05) is 59.2 Å². The highest BCUT2D eigenvalue weighted by Gasteiger charge is 2.29. The summed E-state index contributed by atoms with van der Waals surface area (Å²) in [5.74, 6) is 0.256. The second kappa shape index (κ2) is 13.1. The molecule has 0 aliphatic heterocycles. The number of benzene rings is 1. The van der Waals surface area contributed by atoms with Gasteiger partial charge in [0, 0.05) is 29.7 Å². The van der Waals surface area contributed by atoms with Crippen molar-refractivity contribution in [2.45, 2.75) is 80.1 Å². The van der Waals surface area contributed by atoms with E-state index in [-0.39, 0.29) is 23.1 Å². The van der Waals surface area contributed by atoms with Gasteiger partial charge in [0.15, 0.2) is 5.78 Å². The van der Waals surface area contributed by atoms with Crippen molar-refractivity contribution in [1.29, 1.82) is 0 Å². The first-order valence-electron chi connectivity index (χ1n) is 12.7. The van der Waals surface area contributed by atoms with Crippen molar-refractivity contribution in [3.63, 3.8) is 0 Å². The van der Waals surface area contributed by atoms with Gasteiger partial charge in [0.2, 0.25) is 5.91 Å². The number of fused-ring (bicyclic) bond motifs is 1. The predicted octanol–water partition coefficient (Wildman–Crippen LogP) is 6.80. The number of carbonyl (C=O) groups excluding carboxylic acids is 2. The molecule has 0 aliphatic carbocycles. The highest BCUT2D eigenvalue weighted by molar-refractivity contribution is 6.01. The van der Waals surface area contributed by atoms with Crippen molar-refractivity contribution in [3.8, 4) is 5.75 Å². The van der Waals surface area contributed by atoms with Crippen LogP contribution in [0.3, 0.4) is 0 Å². The van der Waals surface area contributed by atoms with Crippen LogP contribution >= 0.6 is 0 Å². The molecule has 1 amide bonds. The Morgan fingerprint density at radius 1 is 1.14 bits per heavy atom. The minimum atomic E-state index is -0.814. The molecule has 3 rings (SSSR count). The number of allylic oxidation sites excluding steroid dienone is 1. The fraction of sp³-hybridized carbons (Fsp3) is 0.433. The number of aryl methyl sites for hydroxylation is 2. The minimum absolute atomic E-state index is 0.121. The van der Waals surface area contributed by atoms with Crippen molar-refractivity contribution in [2.24, 2.45) is 5.41 Å². The fourth-order valence-corrected chi connectivity index (χ4v) is 3.73. The van der Waals surface area contributed by atoms with Gasteiger partial charge in [0.25, 0.3) is 0 Å². The van der Waals surface area contributed by atoms with Gasteiger partial charge >= 0.3 is 5.63 Å². The van der Waals surface area contributed by atoms with Crippen LogP contribution < -0.4 is 10.9 Å². The summed E-state index contributed by atoms with van der Waals surface area (Å²) in [6.07, 6.45) is 7.00. The SMILES string of the molecule is CC(=O)N/C=C/CCC(C)c1cc(O)c(C(=O)C(C)(C)C)c(=O)o1.CCCc1ccc2cc(C)oc2c1. The number of amides is 1. The molecule has 1 aromatic carbocycles. The molecule has 0 fully saturated rings. The van der Waals surface area contributed by atoms with E-state index in [9.17, 15) is 19.5 Å². The largest absolute Gasteiger partial charge is 0.507 e. The summed E-state index contributed by atoms with van der Waals surface area (Å²) in [7, 11) is 0. The monoisotopic (exact) mass is 509 g/mol. The second-order valence-electron chi connectivity index (χ2n) is 10.3. The average molecular weight is 510 g/mol. The zero-order chi connectivity index (χ0) is 27.8. The molecule has 1 atom stereocenters. The molecular formula is C30H39NO6. The molecule has 7 nitrogen and oxygen atoms in total. The van der Waals surface area contributed by atoms with Crippen molar-refractivity contribution in [3.05, 3.63) is 75.7 Å². The summed E-state index contributed by atoms with van der Waals surface area (Å²) < 4.78 is 10.8. The first-order chi connectivity index (χ1) is 17.3. The number of aromatic hydroxyl groups is 1. The van der Waals surface area contributed by atoms with E-state index < -0.39 is 16.8 Å². The topological polar surface area (TPSA) is 110 Å². The lowest BCUT2D eigenvalue weighted by Crippen LogP contribution is -2.26. The van der Waals surface area contributed by atoms with Crippen LogP contribution in [-0.4, -0.2) is 16.8 Å². The molecule has 0 radical (unpaired) electrons. The smallest absolute Gasteiger partial charge is 0.350 e. The molecule has 2 N–H and O–H groups in total. The molecular weight excluding hydrogens is 470 g/mol. The van der Waals surface area contributed by atoms with Gasteiger partial charge in [-0.05, 0) is 50.1 Å². The maximum Gasteiger partial charge on any atom is 0.350 e. The maximum absolute atomic E-state index is 12.2. The Morgan fingerprint density at radius 3 is 2.43 bits per heavy atom. The number of rotatable bonds is 8. The van der Waals surface area contributed by atoms with E-state index in [0.29, 0.717) is 18.6 Å². The van der Waals surface area contributed by atoms with Crippen LogP contribution in [0.5, 0.6) is 5.75 Å². The van der Waals surface area contributed by atoms with E-state index >= 15 is 0 Å². The van der Waals surface area contributed by atoms with Crippen LogP contribution in [0.4, 0.5) is 0 Å². The summed E-state index contributed by atoms with van der Waals surface area (Å²) in [6.45, 7) is 12.5. The van der Waals surface area contributed by atoms with Gasteiger partial charge in [-0.2, -0.15) is 0 Å². The van der Waals surface area contributed by atoms with E-state index in [1.807, 2.05) is 13.8 Å². The maximum atomic E-state index is 12.2. The van der Waals surface area contributed by atoms with Gasteiger partial charge < -0.3 is 19.3 Å². The molecule has 0 bridgehead atoms. The first kappa shape index (κ1) is 29.6. The van der Waals surface area contributed by atoms with Crippen LogP contribution in [0.15, 0.2) is 56.2 Å². The van der Waals surface area contributed by atoms with E-state index in [1.54, 1.807) is 33.0 Å². The van der Waals surface area contributed by atoms with Crippen molar-refractivity contribution in [2.75, 3.05) is 0 Å². The van der Waals surface area contributed by atoms with Crippen molar-refractivity contribution < 1.29 is 23.5 Å². The summed E-state index contributed by atoms with van der Waals surface area (Å²) in [4.78, 5) is 35.0. The Morgan fingerprint density at radius 2 is 1.84 bits per heavy atom. The van der Waals surface area contributed by atoms with E-state index in [4.69, 9.17) is 8.83 Å². The second-order valence-corrected chi connectivity index (χ2v) is 10.3. The lowest BCUT2D eigenvalue weighted by Gasteiger charge is -2.17. The molecule has 0 saturated heterocycles. The van der Waals surface area contributed by atoms with Gasteiger partial charge in [-0.3, -0.25) is 9.59 Å². The summed E-state index contributed by atoms with van der Waals surface area (Å²) in [5.41, 5.74) is 0.482. The van der Waals surface area contributed by atoms with Gasteiger partial charge in [-0.25, -0.2) is 4.79 Å². The van der Waals surface area contributed by atoms with Gasteiger partial charge in [-0.15, -0.1) is 0 Å². The van der Waals surface area contributed by atoms with Gasteiger partial charge in [0.1, 0.15) is 28.4 Å². The standard InChI is InChI=1S/C18H25NO5.C12H14O/c1-11(8-6-7-9-19-12(2)20)14-10-13(21)15(17(23)24-14)16(22)18(3,4)5;1-3-4-10-5-6-11-7-9(2)13-12(11)8-10/h7,9-11,21H,6,8H2,1-5H3,(H,19,20);5-8H,3-4H2,1-2H3/b9-7+;. The number of Topliss-reactive ketones (excluding diaryl/α,β-unsaturated/α-hetero) is 1. The molecule has 7 heteroatoms. The highest BCUT2D eigenvalue weighted by atomic mass is 16.4. The van der Waals surface area contributed by atoms with Crippen molar-refractivity contribution in [1.82, 2.24) is 5.32 Å². The predicted molar refractivity (Wildman–Crippen MR) is 146 cm³/mol. The molecule has 0 saturated carbocycles. The Hall–Kier alpha value is -3.61. The Bertz CT molecular complexity index is 1310. The Labute approximate surface area is 218 Å². The normalized spacial score (nSPS) is 12.3. The zero-order valence-electron chi connectivity index (χ0n) is 22.9. The lowest BCUT2D eigenvalue weighted by molar-refractivity contribution is -0.118. The lowest BCUT2D eigenvalue weighted by atomic mass is 9.86. The van der Waals surface area contributed by atoms with E-state index in [1.165, 1.54) is 30.4 Å². The number of furan rings is 1. The number of ketones is 1. The van der Waals surface area contributed by atoms with Gasteiger partial charge in [0.05, 0.1) is 0 Å². The molecule has 1 unspecified atom stereocenters. The highest BCUT2D eigenvalue weighted by Crippen LogP contribution is 2.28. The molecule has 200 valence electrons. The molecule has 37 heavy (non-hydrogen) atoms. The summed E-state index contributed by atoms with van der Waals surface area (Å²) in [5, 5.41) is 13.8. The van der Waals surface area contributed by atoms with Crippen LogP contribution in [0, 0.1) is 12.3 Å².